The van der Waals surface area contributed by atoms with Gasteiger partial charge in [-0.1, -0.05) is 291 Å². The summed E-state index contributed by atoms with van der Waals surface area (Å²) < 4.78 is 15.3. The lowest BCUT2D eigenvalue weighted by molar-refractivity contribution is -0.123. The number of carbonyl (C=O) groups is 2. The molecule has 9 aromatic rings. The van der Waals surface area contributed by atoms with Gasteiger partial charge in [-0.05, 0) is 125 Å². The number of aromatic nitrogens is 4. The van der Waals surface area contributed by atoms with Gasteiger partial charge in [-0.2, -0.15) is 0 Å². The van der Waals surface area contributed by atoms with Gasteiger partial charge in [0.25, 0.3) is 22.9 Å². The summed E-state index contributed by atoms with van der Waals surface area (Å²) in [7, 11) is 0. The predicted octanol–water partition coefficient (Wildman–Crippen LogP) is 25.5. The Morgan fingerprint density at radius 1 is 0.427 bits per heavy atom. The zero-order chi connectivity index (χ0) is 75.9. The predicted molar refractivity (Wildman–Crippen MR) is 433 cm³/mol. The number of carbonyl (C=O) groups excluding carboxylic acids is 2. The molecule has 103 heavy (non-hydrogen) atoms. The lowest BCUT2D eigenvalue weighted by Crippen LogP contribution is -2.33. The summed E-state index contributed by atoms with van der Waals surface area (Å²) in [5.41, 5.74) is 1.94. The zero-order valence-corrected chi connectivity index (χ0v) is 68.2. The van der Waals surface area contributed by atoms with Crippen LogP contribution in [0.4, 0.5) is 34.4 Å². The second-order valence-electron chi connectivity index (χ2n) is 27.8. The maximum atomic E-state index is 16.2. The van der Waals surface area contributed by atoms with E-state index in [1.165, 1.54) is 0 Å². The maximum Gasteiger partial charge on any atom is 0.277 e. The van der Waals surface area contributed by atoms with Gasteiger partial charge < -0.3 is 30.7 Å². The molecule has 2 heterocycles. The van der Waals surface area contributed by atoms with Gasteiger partial charge in [0.1, 0.15) is 34.5 Å². The van der Waals surface area contributed by atoms with E-state index >= 15 is 9.59 Å². The molecule has 0 fully saturated rings. The van der Waals surface area contributed by atoms with E-state index in [1.54, 1.807) is 66.7 Å². The Balaban J connectivity index is 1.20. The first-order chi connectivity index (χ1) is 48.4. The van der Waals surface area contributed by atoms with Crippen LogP contribution in [0.3, 0.4) is 0 Å². The lowest BCUT2D eigenvalue weighted by Gasteiger charge is -2.31. The SMILES string of the molecule is CCC(Oc1ccc(C(C)(C)CC)cc1C(C)(C)CC)C(=O)Nc1ccc(Cl)c(Nc2[nH]n(-c3c(Cl)c(Cl)c(Cl)c(Cl)c3Cl)c(=O)c2C(c2ccccc2)c2c(Nc3cc(NC(=O)C(CC)Oc4ccc(C(C)(C)CC)cc4C(C)(C)CC)ccc3Cl)[nH]n(-c3c(Cl)c(Cl)c(Cl)c(Cl)c3Cl)c2=O)c1. The van der Waals surface area contributed by atoms with Crippen molar-refractivity contribution in [3.63, 3.8) is 0 Å². The average molecular weight is 1640 g/mol. The first-order valence-electron chi connectivity index (χ1n) is 33.6. The van der Waals surface area contributed by atoms with E-state index in [4.69, 9.17) is 149 Å². The number of rotatable bonds is 27. The molecule has 2 aromatic heterocycles. The molecule has 14 nitrogen and oxygen atoms in total. The van der Waals surface area contributed by atoms with Gasteiger partial charge >= 0.3 is 0 Å². The largest absolute Gasteiger partial charge is 0.480 e. The number of aromatic amines is 2. The molecule has 0 saturated carbocycles. The second kappa shape index (κ2) is 32.7. The molecule has 0 spiro atoms. The molecule has 0 aliphatic heterocycles. The van der Waals surface area contributed by atoms with Gasteiger partial charge in [-0.15, -0.1) is 0 Å². The van der Waals surface area contributed by atoms with E-state index in [0.717, 1.165) is 57.3 Å². The smallest absolute Gasteiger partial charge is 0.277 e. The monoisotopic (exact) mass is 1630 g/mol. The highest BCUT2D eigenvalue weighted by Crippen LogP contribution is 2.50. The Morgan fingerprint density at radius 2 is 0.757 bits per heavy atom. The number of anilines is 6. The Labute approximate surface area is 660 Å². The molecule has 0 radical (unpaired) electrons. The minimum Gasteiger partial charge on any atom is -0.480 e. The van der Waals surface area contributed by atoms with Gasteiger partial charge in [0.05, 0.1) is 88.7 Å². The number of nitrogens with zero attached hydrogens (tertiary/aromatic N) is 2. The van der Waals surface area contributed by atoms with Gasteiger partial charge in [-0.3, -0.25) is 29.4 Å². The Bertz CT molecular complexity index is 4510. The third-order valence-electron chi connectivity index (χ3n) is 19.8. The molecule has 2 atom stereocenters. The van der Waals surface area contributed by atoms with E-state index in [-0.39, 0.29) is 139 Å². The minimum absolute atomic E-state index is 0.105. The van der Waals surface area contributed by atoms with Crippen molar-refractivity contribution in [3.05, 3.63) is 223 Å². The van der Waals surface area contributed by atoms with Crippen LogP contribution in [0.25, 0.3) is 11.4 Å². The van der Waals surface area contributed by atoms with E-state index in [9.17, 15) is 9.59 Å². The number of ether oxygens (including phenoxy) is 2. The fourth-order valence-electron chi connectivity index (χ4n) is 11.7. The van der Waals surface area contributed by atoms with Crippen LogP contribution in [0, 0.1) is 0 Å². The van der Waals surface area contributed by atoms with Crippen LogP contribution in [0.5, 0.6) is 11.5 Å². The van der Waals surface area contributed by atoms with Crippen LogP contribution < -0.4 is 41.9 Å². The molecule has 0 bridgehead atoms. The first kappa shape index (κ1) is 81.3. The summed E-state index contributed by atoms with van der Waals surface area (Å²) in [6, 6.07) is 30.3. The number of hydrogen-bond acceptors (Lipinski definition) is 8. The third-order valence-corrected chi connectivity index (χ3v) is 24.9. The Kier molecular flexibility index (Phi) is 25.8. The normalized spacial score (nSPS) is 13.0. The van der Waals surface area contributed by atoms with Crippen molar-refractivity contribution in [3.8, 4) is 22.9 Å². The van der Waals surface area contributed by atoms with Crippen LogP contribution in [0.1, 0.15) is 180 Å². The van der Waals surface area contributed by atoms with Crippen LogP contribution in [0.15, 0.2) is 113 Å². The van der Waals surface area contributed by atoms with Gasteiger partial charge in [0.2, 0.25) is 0 Å². The molecule has 0 saturated heterocycles. The quantitative estimate of drug-likeness (QED) is 0.0218. The van der Waals surface area contributed by atoms with Crippen molar-refractivity contribution in [1.82, 2.24) is 19.6 Å². The Hall–Kier alpha value is -5.82. The molecule has 0 aliphatic carbocycles. The zero-order valence-electron chi connectivity index (χ0n) is 59.2. The van der Waals surface area contributed by atoms with Crippen LogP contribution in [-0.4, -0.2) is 43.6 Å². The lowest BCUT2D eigenvalue weighted by atomic mass is 9.76. The molecule has 9 rings (SSSR count). The first-order valence-corrected chi connectivity index (χ1v) is 38.1. The molecule has 26 heteroatoms. The number of benzene rings is 7. The van der Waals surface area contributed by atoms with Crippen LogP contribution in [0.2, 0.25) is 60.3 Å². The summed E-state index contributed by atoms with van der Waals surface area (Å²) in [6.07, 6.45) is 2.13. The molecular formula is C77H80Cl12N8O6. The number of hydrogen-bond donors (Lipinski definition) is 6. The standard InChI is InChI=1S/C77H80Cl12N8O6/c1-15-49(102-51-32-26-39(74(7,8)17-3)34-43(51)76(11,12)19-5)70(98)90-41-28-30-45(78)47(36-41)92-68-54(72(100)96(94-68)66-62(86)58(82)56(80)59(83)63(66)87)53(38-24-22-21-23-25-38)55-69(95-97(73(55)101)67-64(88)60(84)57(81)61(85)65(67)89)93-48-37-42(29-31-46(48)79)91-71(99)50(16-2)103-52-33-27-40(75(9,10)18-4)35-44(52)77(13,14)20-6/h21-37,49-50,53,92-95H,15-20H2,1-14H3,(H,90,98)(H,91,99). The number of nitrogens with one attached hydrogen (secondary N) is 6. The average Bonchev–Trinajstić information content (AvgIpc) is 1.59. The van der Waals surface area contributed by atoms with E-state index < -0.39 is 41.1 Å². The highest BCUT2D eigenvalue weighted by atomic mass is 35.5. The number of amides is 2. The van der Waals surface area contributed by atoms with Gasteiger partial charge in [0, 0.05) is 22.5 Å². The highest BCUT2D eigenvalue weighted by Gasteiger charge is 2.38. The molecule has 0 aliphatic rings. The van der Waals surface area contributed by atoms with E-state index in [0.29, 0.717) is 29.9 Å². The van der Waals surface area contributed by atoms with Crippen molar-refractivity contribution in [2.24, 2.45) is 0 Å². The molecular weight excluding hydrogens is 1560 g/mol. The van der Waals surface area contributed by atoms with Gasteiger partial charge in [-0.25, -0.2) is 9.36 Å². The van der Waals surface area contributed by atoms with Crippen molar-refractivity contribution in [1.29, 1.82) is 0 Å². The van der Waals surface area contributed by atoms with Crippen molar-refractivity contribution in [2.45, 2.75) is 175 Å². The van der Waals surface area contributed by atoms with Gasteiger partial charge in [0.15, 0.2) is 12.2 Å². The van der Waals surface area contributed by atoms with Crippen LogP contribution in [-0.2, 0) is 31.2 Å². The maximum absolute atomic E-state index is 16.2. The van der Waals surface area contributed by atoms with E-state index in [2.05, 4.69) is 139 Å². The highest BCUT2D eigenvalue weighted by molar-refractivity contribution is 6.57. The third kappa shape index (κ3) is 16.7. The second-order valence-corrected chi connectivity index (χ2v) is 32.4. The summed E-state index contributed by atoms with van der Waals surface area (Å²) in [6.45, 7) is 29.7. The topological polar surface area (TPSA) is 176 Å². The van der Waals surface area contributed by atoms with Crippen molar-refractivity contribution < 1.29 is 19.1 Å². The molecule has 2 amide bonds. The van der Waals surface area contributed by atoms with Crippen molar-refractivity contribution in [2.75, 3.05) is 21.3 Å². The summed E-state index contributed by atoms with van der Waals surface area (Å²) in [4.78, 5) is 61.6. The fraction of sp³-hybridized carbons (Fsp3) is 0.351. The van der Waals surface area contributed by atoms with Crippen LogP contribution >= 0.6 is 139 Å². The summed E-state index contributed by atoms with van der Waals surface area (Å²) in [5, 5.41) is 16.5. The van der Waals surface area contributed by atoms with Crippen molar-refractivity contribution >= 4 is 185 Å². The molecule has 6 N–H and O–H groups in total. The summed E-state index contributed by atoms with van der Waals surface area (Å²) >= 11 is 82.4. The number of H-pyrrole nitrogens is 2. The number of halogens is 12. The minimum atomic E-state index is -1.50. The molecule has 548 valence electrons. The van der Waals surface area contributed by atoms with E-state index in [1.807, 2.05) is 26.0 Å². The summed E-state index contributed by atoms with van der Waals surface area (Å²) in [5.74, 6) is -1.49. The fourth-order valence-corrected chi connectivity index (χ4v) is 14.6. The molecule has 7 aromatic carbocycles. The Morgan fingerprint density at radius 3 is 1.08 bits per heavy atom. The molecule has 2 unspecified atom stereocenters.